The number of benzene rings is 1. The smallest absolute Gasteiger partial charge is 0.339 e. The molecular weight excluding hydrogens is 499 g/mol. The number of aromatic amines is 1. The molecule has 38 heavy (non-hydrogen) atoms. The quantitative estimate of drug-likeness (QED) is 0.296. The summed E-state index contributed by atoms with van der Waals surface area (Å²) >= 11 is 0. The van der Waals surface area contributed by atoms with Gasteiger partial charge in [-0.1, -0.05) is 6.07 Å². The SMILES string of the molecule is Cc1ccc(NC(=O)c2cnc(C(F)(F)F)c(C#N)c2)cc1Nc1ncccc1-c1ncnc2[nH]cnc12. The van der Waals surface area contributed by atoms with E-state index in [-0.39, 0.29) is 5.56 Å². The molecule has 3 N–H and O–H groups in total. The molecule has 5 rings (SSSR count). The van der Waals surface area contributed by atoms with Gasteiger partial charge in [-0.25, -0.2) is 24.9 Å². The van der Waals surface area contributed by atoms with Crippen molar-refractivity contribution >= 4 is 34.3 Å². The number of rotatable bonds is 5. The van der Waals surface area contributed by atoms with Crippen molar-refractivity contribution in [1.82, 2.24) is 29.9 Å². The van der Waals surface area contributed by atoms with Gasteiger partial charge in [0.05, 0.1) is 17.5 Å². The molecule has 5 aromatic rings. The first-order valence-corrected chi connectivity index (χ1v) is 11.0. The number of aromatic nitrogens is 6. The standard InChI is InChI=1S/C25H16F3N9O/c1-13-4-5-16(36-24(38)15-7-14(9-29)21(31-10-15)25(26,27)28)8-18(13)37-22-17(3-2-6-30-22)19-20-23(34-11-32-19)35-12-33-20/h2-8,10-12H,1H3,(H,30,37)(H,36,38)(H,32,33,34,35). The summed E-state index contributed by atoms with van der Waals surface area (Å²) in [6.45, 7) is 1.85. The van der Waals surface area contributed by atoms with E-state index in [4.69, 9.17) is 5.26 Å². The molecule has 0 aliphatic rings. The number of hydrogen-bond acceptors (Lipinski definition) is 8. The monoisotopic (exact) mass is 515 g/mol. The van der Waals surface area contributed by atoms with Crippen LogP contribution in [0, 0.1) is 18.3 Å². The fraction of sp³-hybridized carbons (Fsp3) is 0.0800. The van der Waals surface area contributed by atoms with Crippen LogP contribution in [0.25, 0.3) is 22.4 Å². The highest BCUT2D eigenvalue weighted by Crippen LogP contribution is 2.33. The van der Waals surface area contributed by atoms with Crippen LogP contribution in [0.5, 0.6) is 0 Å². The van der Waals surface area contributed by atoms with Crippen molar-refractivity contribution < 1.29 is 18.0 Å². The van der Waals surface area contributed by atoms with E-state index in [2.05, 4.69) is 40.5 Å². The van der Waals surface area contributed by atoms with Gasteiger partial charge < -0.3 is 15.6 Å². The van der Waals surface area contributed by atoms with Gasteiger partial charge in [0.1, 0.15) is 29.4 Å². The number of nitriles is 1. The maximum Gasteiger partial charge on any atom is 0.434 e. The fourth-order valence-electron chi connectivity index (χ4n) is 3.72. The van der Waals surface area contributed by atoms with Crippen molar-refractivity contribution in [3.8, 4) is 17.3 Å². The molecule has 4 aromatic heterocycles. The second kappa shape index (κ2) is 9.58. The van der Waals surface area contributed by atoms with E-state index >= 15 is 0 Å². The van der Waals surface area contributed by atoms with Crippen LogP contribution in [0.1, 0.15) is 27.2 Å². The van der Waals surface area contributed by atoms with Gasteiger partial charge in [0, 0.05) is 29.3 Å². The molecule has 0 unspecified atom stereocenters. The highest BCUT2D eigenvalue weighted by Gasteiger charge is 2.36. The molecular formula is C25H16F3N9O. The minimum Gasteiger partial charge on any atom is -0.339 e. The van der Waals surface area contributed by atoms with E-state index in [1.165, 1.54) is 18.7 Å². The summed E-state index contributed by atoms with van der Waals surface area (Å²) in [4.78, 5) is 36.2. The van der Waals surface area contributed by atoms with E-state index in [0.717, 1.165) is 17.8 Å². The molecule has 0 radical (unpaired) electrons. The van der Waals surface area contributed by atoms with E-state index in [1.807, 2.05) is 13.0 Å². The maximum absolute atomic E-state index is 13.0. The third kappa shape index (κ3) is 4.70. The molecule has 13 heteroatoms. The van der Waals surface area contributed by atoms with Crippen molar-refractivity contribution in [2.45, 2.75) is 13.1 Å². The molecule has 4 heterocycles. The van der Waals surface area contributed by atoms with E-state index in [1.54, 1.807) is 30.5 Å². The van der Waals surface area contributed by atoms with Gasteiger partial charge >= 0.3 is 6.18 Å². The van der Waals surface area contributed by atoms with E-state index in [0.29, 0.717) is 39.6 Å². The van der Waals surface area contributed by atoms with Crippen LogP contribution in [-0.2, 0) is 6.18 Å². The first-order chi connectivity index (χ1) is 18.2. The number of carbonyl (C=O) groups excluding carboxylic acids is 1. The molecule has 0 aliphatic heterocycles. The third-order valence-electron chi connectivity index (χ3n) is 5.57. The summed E-state index contributed by atoms with van der Waals surface area (Å²) in [5.41, 5.74) is 1.90. The molecule has 10 nitrogen and oxygen atoms in total. The zero-order valence-electron chi connectivity index (χ0n) is 19.5. The Morgan fingerprint density at radius 3 is 2.71 bits per heavy atom. The lowest BCUT2D eigenvalue weighted by Gasteiger charge is -2.15. The first-order valence-electron chi connectivity index (χ1n) is 11.0. The van der Waals surface area contributed by atoms with Crippen molar-refractivity contribution in [3.63, 3.8) is 0 Å². The lowest BCUT2D eigenvalue weighted by Crippen LogP contribution is -2.16. The van der Waals surface area contributed by atoms with Crippen molar-refractivity contribution in [2.75, 3.05) is 10.6 Å². The molecule has 0 bridgehead atoms. The third-order valence-corrected chi connectivity index (χ3v) is 5.57. The van der Waals surface area contributed by atoms with Gasteiger partial charge in [0.2, 0.25) is 0 Å². The topological polar surface area (TPSA) is 145 Å². The summed E-state index contributed by atoms with van der Waals surface area (Å²) in [6.07, 6.45) is 0.525. The van der Waals surface area contributed by atoms with Crippen molar-refractivity contribution in [3.05, 3.63) is 83.8 Å². The number of hydrogen-bond donors (Lipinski definition) is 3. The van der Waals surface area contributed by atoms with Crippen molar-refractivity contribution in [1.29, 1.82) is 5.26 Å². The molecule has 0 aliphatic carbocycles. The average molecular weight is 515 g/mol. The Balaban J connectivity index is 1.43. The van der Waals surface area contributed by atoms with Crippen LogP contribution in [-0.4, -0.2) is 35.8 Å². The van der Waals surface area contributed by atoms with E-state index < -0.39 is 23.3 Å². The lowest BCUT2D eigenvalue weighted by atomic mass is 10.1. The lowest BCUT2D eigenvalue weighted by molar-refractivity contribution is -0.141. The van der Waals surface area contributed by atoms with Gasteiger partial charge in [-0.2, -0.15) is 18.4 Å². The number of aryl methyl sites for hydroxylation is 1. The highest BCUT2D eigenvalue weighted by atomic mass is 19.4. The fourth-order valence-corrected chi connectivity index (χ4v) is 3.72. The number of alkyl halides is 3. The molecule has 0 fully saturated rings. The molecule has 1 aromatic carbocycles. The summed E-state index contributed by atoms with van der Waals surface area (Å²) in [7, 11) is 0. The Kier molecular flexibility index (Phi) is 6.13. The van der Waals surface area contributed by atoms with Crippen LogP contribution in [0.3, 0.4) is 0 Å². The molecule has 0 saturated carbocycles. The number of nitrogens with zero attached hydrogens (tertiary/aromatic N) is 6. The summed E-state index contributed by atoms with van der Waals surface area (Å²) in [6, 6.07) is 10.9. The Morgan fingerprint density at radius 2 is 1.92 bits per heavy atom. The minimum atomic E-state index is -4.81. The number of fused-ring (bicyclic) bond motifs is 1. The molecule has 0 saturated heterocycles. The maximum atomic E-state index is 13.0. The van der Waals surface area contributed by atoms with Gasteiger partial charge in [-0.05, 0) is 42.8 Å². The van der Waals surface area contributed by atoms with Gasteiger partial charge in [0.15, 0.2) is 11.3 Å². The Labute approximate surface area is 212 Å². The molecule has 1 amide bonds. The number of nitrogens with one attached hydrogen (secondary N) is 3. The first kappa shape index (κ1) is 24.3. The molecule has 0 spiro atoms. The summed E-state index contributed by atoms with van der Waals surface area (Å²) < 4.78 is 39.1. The Hall–Kier alpha value is -5.38. The van der Waals surface area contributed by atoms with Crippen LogP contribution in [0.15, 0.2) is 61.4 Å². The van der Waals surface area contributed by atoms with Gasteiger partial charge in [0.25, 0.3) is 5.91 Å². The number of H-pyrrole nitrogens is 1. The number of pyridine rings is 2. The zero-order chi connectivity index (χ0) is 26.9. The highest BCUT2D eigenvalue weighted by molar-refractivity contribution is 6.04. The average Bonchev–Trinajstić information content (AvgIpc) is 3.39. The molecule has 0 atom stereocenters. The van der Waals surface area contributed by atoms with Crippen LogP contribution in [0.4, 0.5) is 30.4 Å². The second-order valence-electron chi connectivity index (χ2n) is 8.06. The van der Waals surface area contributed by atoms with Crippen LogP contribution < -0.4 is 10.6 Å². The van der Waals surface area contributed by atoms with Crippen LogP contribution >= 0.6 is 0 Å². The summed E-state index contributed by atoms with van der Waals surface area (Å²) in [5.74, 6) is -0.245. The predicted octanol–water partition coefficient (Wildman–Crippen LogP) is 5.00. The van der Waals surface area contributed by atoms with E-state index in [9.17, 15) is 18.0 Å². The number of carbonyl (C=O) groups is 1. The largest absolute Gasteiger partial charge is 0.434 e. The van der Waals surface area contributed by atoms with Gasteiger partial charge in [-0.15, -0.1) is 0 Å². The zero-order valence-corrected chi connectivity index (χ0v) is 19.5. The number of anilines is 3. The summed E-state index contributed by atoms with van der Waals surface area (Å²) in [5, 5.41) is 15.0. The number of halogens is 3. The Bertz CT molecular complexity index is 1720. The van der Waals surface area contributed by atoms with Crippen molar-refractivity contribution in [2.24, 2.45) is 0 Å². The van der Waals surface area contributed by atoms with Crippen LogP contribution in [0.2, 0.25) is 0 Å². The second-order valence-corrected chi connectivity index (χ2v) is 8.06. The number of imidazole rings is 1. The van der Waals surface area contributed by atoms with Gasteiger partial charge in [-0.3, -0.25) is 4.79 Å². The minimum absolute atomic E-state index is 0.191. The normalized spacial score (nSPS) is 11.2. The predicted molar refractivity (Wildman–Crippen MR) is 131 cm³/mol. The Morgan fingerprint density at radius 1 is 1.08 bits per heavy atom. The molecule has 188 valence electrons. The number of amides is 1.